The molecule has 0 aromatic carbocycles. The summed E-state index contributed by atoms with van der Waals surface area (Å²) in [5.41, 5.74) is 0. The lowest BCUT2D eigenvalue weighted by atomic mass is 9.95. The van der Waals surface area contributed by atoms with Crippen LogP contribution in [0.15, 0.2) is 0 Å². The van der Waals surface area contributed by atoms with Crippen molar-refractivity contribution in [1.29, 1.82) is 0 Å². The Bertz CT molecular complexity index is 3200. The van der Waals surface area contributed by atoms with Gasteiger partial charge >= 0.3 is 0 Å². The zero-order valence-electron chi connectivity index (χ0n) is 65.9. The van der Waals surface area contributed by atoms with Crippen LogP contribution in [0, 0.1) is 0 Å². The number of aliphatic hydroxyl groups is 35. The SMILES string of the molecule is CC(=O)N[C@@H](CO)[C@@H](O)[C@H](O[C@@H]1O[C@H](CO[C@H]2O[C@H](CO[C@H]3O[C@H](CO)[C@@H](O)[C@H](O)[C@@H]3O[C@H]3O[C@H](CO)[C@@H](O)[C@H](O)[C@@H]3O)[C@@H](O)[C@H](O[C@H]3O[C@H](CO)[C@@H](O)[C@H](O)[C@@H]3O)[C@@H]2O)[C@@H](O)[C@H](O[C@H]2O[C@H](CO)[C@@H](O)[C@H](O)[C@@H]2O[C@H]2O[C@H](CO)[C@@H](O)[C@H](O)[C@@H]2O[C@H]2O[C@H](CO)[C@@H](O)[C@H](O[C@H]3O[C@H](CO)[C@@H](O)[C@H](O[C@H]4O[C@H](CO)[C@@H](O)[C@H](O)[C@H]4O)[C@H]3O)[C@@H]2O)[C@@H]1O)[C@H](O)CO. The van der Waals surface area contributed by atoms with E-state index in [1.54, 1.807) is 0 Å². The van der Waals surface area contributed by atoms with E-state index in [9.17, 15) is 184 Å². The van der Waals surface area contributed by atoms with Crippen molar-refractivity contribution in [2.24, 2.45) is 0 Å². The monoisotopic (exact) mass is 1840 g/mol. The third kappa shape index (κ3) is 22.8. The van der Waals surface area contributed by atoms with Gasteiger partial charge in [0.1, 0.15) is 262 Å². The molecule has 57 nitrogen and oxygen atoms in total. The van der Waals surface area contributed by atoms with Gasteiger partial charge in [-0.3, -0.25) is 4.79 Å². The van der Waals surface area contributed by atoms with Crippen LogP contribution >= 0.6 is 0 Å². The summed E-state index contributed by atoms with van der Waals surface area (Å²) in [6.45, 7) is -13.1. The molecule has 10 fully saturated rings. The summed E-state index contributed by atoms with van der Waals surface area (Å²) in [6, 6.07) is -1.82. The molecule has 10 heterocycles. The summed E-state index contributed by atoms with van der Waals surface area (Å²) < 4.78 is 116. The van der Waals surface area contributed by atoms with Crippen LogP contribution in [0.3, 0.4) is 0 Å². The number of carbonyl (C=O) groups excluding carboxylic acids is 1. The lowest BCUT2D eigenvalue weighted by molar-refractivity contribution is -0.411. The Morgan fingerprint density at radius 2 is 0.488 bits per heavy atom. The molecule has 54 atom stereocenters. The van der Waals surface area contributed by atoms with Crippen molar-refractivity contribution in [3.63, 3.8) is 0 Å². The van der Waals surface area contributed by atoms with Crippen LogP contribution in [-0.2, 0) is 99.5 Å². The fourth-order valence-electron chi connectivity index (χ4n) is 15.7. The summed E-state index contributed by atoms with van der Waals surface area (Å²) in [7, 11) is 0. The van der Waals surface area contributed by atoms with Gasteiger partial charge in [0, 0.05) is 6.92 Å². The number of hydrogen-bond donors (Lipinski definition) is 36. The Labute approximate surface area is 705 Å². The minimum absolute atomic E-state index is 0.921. The molecule has 10 aliphatic rings. The highest BCUT2D eigenvalue weighted by molar-refractivity contribution is 5.73. The lowest BCUT2D eigenvalue weighted by Gasteiger charge is -2.50. The number of hydrogen-bond acceptors (Lipinski definition) is 56. The van der Waals surface area contributed by atoms with Crippen molar-refractivity contribution in [1.82, 2.24) is 5.32 Å². The molecular formula is C68H117NO56. The number of ether oxygens (including phenoxy) is 20. The molecule has 10 aliphatic heterocycles. The van der Waals surface area contributed by atoms with Gasteiger partial charge in [0.2, 0.25) is 5.91 Å². The predicted molar refractivity (Wildman–Crippen MR) is 376 cm³/mol. The van der Waals surface area contributed by atoms with Crippen LogP contribution in [0.5, 0.6) is 0 Å². The number of rotatable bonds is 36. The standard InChI is InChI=1S/C68H117NO56/c1-14(80)69-15(2-70)27(82)51(16(81)3-71)118-65-50(105)55(37(92)26(117-65)12-106-59-47(102)54(120-61-45(100)39(94)29(84)18(5-73)109-61)36(91)25(116-59)13-107-66-56(41(96)31(86)20(7-75)113-66)123-62-46(101)40(95)30(85)19(6-74)110-62)122-67-58(43(98)33(88)21(8-76)114-67)125-68-57(42(97)32(87)22(9-77)115-68)124-64-49(104)53(35(90)24(11-79)112-64)121-63-48(103)52(34(89)23(10-78)111-63)119-60-44(99)38(93)28(83)17(4-72)108-60/h15-68,70-79,81-105H,2-13H2,1H3,(H,69,80)/t15-,16+,17+,18+,19+,20+,21+,22+,23+,24+,25+,26+,27+,28+,29+,30+,31+,32+,33+,34+,35+,36+,37+,38-,39-,40-,41-,42-,43-,44+,45-,46-,47-,48+,49-,50-,51+,52-,53-,54-,55-,56-,57-,58-,59-,60+,61+,62+,63+,64+,65-,66-,67+,68+/m0/s1. The molecular weight excluding hydrogens is 1730 g/mol. The maximum Gasteiger partial charge on any atom is 0.217 e. The molecule has 0 saturated carbocycles. The molecule has 10 saturated heterocycles. The molecule has 730 valence electrons. The van der Waals surface area contributed by atoms with E-state index in [0.717, 1.165) is 6.92 Å². The first-order chi connectivity index (χ1) is 59.2. The summed E-state index contributed by atoms with van der Waals surface area (Å²) in [4.78, 5) is 12.3. The number of amides is 1. The topological polar surface area (TPSA) is 922 Å². The predicted octanol–water partition coefficient (Wildman–Crippen LogP) is -25.2. The number of carbonyl (C=O) groups is 1. The van der Waals surface area contributed by atoms with Crippen molar-refractivity contribution < 1.29 is 278 Å². The Balaban J connectivity index is 0.957. The first kappa shape index (κ1) is 104. The summed E-state index contributed by atoms with van der Waals surface area (Å²) in [6.07, 6.45) is -118. The minimum atomic E-state index is -2.69. The van der Waals surface area contributed by atoms with Gasteiger partial charge in [-0.05, 0) is 0 Å². The van der Waals surface area contributed by atoms with Gasteiger partial charge < -0.3 is 279 Å². The highest BCUT2D eigenvalue weighted by Gasteiger charge is 2.62. The highest BCUT2D eigenvalue weighted by Crippen LogP contribution is 2.41. The second-order valence-corrected chi connectivity index (χ2v) is 31.4. The highest BCUT2D eigenvalue weighted by atomic mass is 16.8. The Hall–Kier alpha value is -2.73. The normalized spacial score (nSPS) is 50.0. The molecule has 0 spiro atoms. The van der Waals surface area contributed by atoms with E-state index in [1.165, 1.54) is 0 Å². The van der Waals surface area contributed by atoms with E-state index in [2.05, 4.69) is 5.32 Å². The lowest BCUT2D eigenvalue weighted by Crippen LogP contribution is -2.69. The molecule has 0 aliphatic carbocycles. The van der Waals surface area contributed by atoms with Crippen molar-refractivity contribution in [3.05, 3.63) is 0 Å². The van der Waals surface area contributed by atoms with Crippen LogP contribution in [0.4, 0.5) is 0 Å². The average molecular weight is 1840 g/mol. The van der Waals surface area contributed by atoms with Crippen LogP contribution in [0.1, 0.15) is 6.92 Å². The van der Waals surface area contributed by atoms with Crippen LogP contribution < -0.4 is 5.32 Å². The maximum atomic E-state index is 12.6. The van der Waals surface area contributed by atoms with Gasteiger partial charge in [0.25, 0.3) is 0 Å². The molecule has 125 heavy (non-hydrogen) atoms. The van der Waals surface area contributed by atoms with Gasteiger partial charge in [0.05, 0.1) is 85.3 Å². The van der Waals surface area contributed by atoms with E-state index in [4.69, 9.17) is 94.7 Å². The Morgan fingerprint density at radius 1 is 0.256 bits per heavy atom. The molecule has 1 amide bonds. The number of nitrogens with one attached hydrogen (secondary N) is 1. The first-order valence-electron chi connectivity index (χ1n) is 39.6. The molecule has 10 rings (SSSR count). The van der Waals surface area contributed by atoms with Crippen molar-refractivity contribution >= 4 is 5.91 Å². The third-order valence-corrected chi connectivity index (χ3v) is 23.0. The van der Waals surface area contributed by atoms with Gasteiger partial charge in [0.15, 0.2) is 62.9 Å². The second kappa shape index (κ2) is 46.0. The molecule has 0 aromatic rings. The fraction of sp³-hybridized carbons (Fsp3) is 0.985. The van der Waals surface area contributed by atoms with Gasteiger partial charge in [-0.1, -0.05) is 0 Å². The smallest absolute Gasteiger partial charge is 0.217 e. The number of aliphatic hydroxyl groups excluding tert-OH is 35. The first-order valence-corrected chi connectivity index (χ1v) is 39.6. The van der Waals surface area contributed by atoms with E-state index in [1.807, 2.05) is 0 Å². The minimum Gasteiger partial charge on any atom is -0.394 e. The van der Waals surface area contributed by atoms with Crippen molar-refractivity contribution in [3.8, 4) is 0 Å². The second-order valence-electron chi connectivity index (χ2n) is 31.4. The average Bonchev–Trinajstić information content (AvgIpc) is 0.769. The largest absolute Gasteiger partial charge is 0.394 e. The van der Waals surface area contributed by atoms with Gasteiger partial charge in [-0.25, -0.2) is 0 Å². The maximum absolute atomic E-state index is 12.6. The molecule has 0 radical (unpaired) electrons. The van der Waals surface area contributed by atoms with Crippen molar-refractivity contribution in [2.45, 2.75) is 338 Å². The fourth-order valence-corrected chi connectivity index (χ4v) is 15.7. The molecule has 57 heteroatoms. The van der Waals surface area contributed by atoms with E-state index in [0.29, 0.717) is 0 Å². The van der Waals surface area contributed by atoms with Gasteiger partial charge in [-0.2, -0.15) is 0 Å². The van der Waals surface area contributed by atoms with Crippen LogP contribution in [0.25, 0.3) is 0 Å². The Morgan fingerprint density at radius 3 is 0.808 bits per heavy atom. The van der Waals surface area contributed by atoms with E-state index < -0.39 is 417 Å². The zero-order valence-corrected chi connectivity index (χ0v) is 65.9. The quantitative estimate of drug-likeness (QED) is 0.0277. The van der Waals surface area contributed by atoms with E-state index >= 15 is 0 Å². The molecule has 0 bridgehead atoms. The third-order valence-electron chi connectivity index (χ3n) is 23.0. The van der Waals surface area contributed by atoms with Crippen LogP contribution in [0.2, 0.25) is 0 Å². The summed E-state index contributed by atoms with van der Waals surface area (Å²) >= 11 is 0. The zero-order chi connectivity index (χ0) is 92.1. The molecule has 0 unspecified atom stereocenters. The van der Waals surface area contributed by atoms with Crippen LogP contribution in [-0.4, -0.2) is 595 Å². The molecule has 36 N–H and O–H groups in total. The van der Waals surface area contributed by atoms with E-state index in [-0.39, 0.29) is 0 Å². The molecule has 0 aromatic heterocycles. The summed E-state index contributed by atoms with van der Waals surface area (Å²) in [5, 5.41) is 389. The Kier molecular flexibility index (Phi) is 38.4. The summed E-state index contributed by atoms with van der Waals surface area (Å²) in [5.74, 6) is -0.921. The van der Waals surface area contributed by atoms with Crippen molar-refractivity contribution in [2.75, 3.05) is 79.3 Å². The van der Waals surface area contributed by atoms with Gasteiger partial charge in [-0.15, -0.1) is 0 Å².